The third-order valence-corrected chi connectivity index (χ3v) is 3.49. The number of nitro groups is 1. The van der Waals surface area contributed by atoms with Crippen molar-refractivity contribution in [3.8, 4) is 5.75 Å². The van der Waals surface area contributed by atoms with Crippen molar-refractivity contribution in [2.45, 2.75) is 26.9 Å². The molecular formula is C15H18N4O6. The molecule has 1 aromatic carbocycles. The molecule has 10 heteroatoms. The van der Waals surface area contributed by atoms with Crippen LogP contribution in [0.2, 0.25) is 0 Å². The van der Waals surface area contributed by atoms with Crippen molar-refractivity contribution in [1.29, 1.82) is 0 Å². The third kappa shape index (κ3) is 4.03. The Balaban J connectivity index is 2.36. The molecule has 2 rings (SSSR count). The van der Waals surface area contributed by atoms with Gasteiger partial charge in [-0.2, -0.15) is 0 Å². The van der Waals surface area contributed by atoms with Gasteiger partial charge in [0, 0.05) is 19.1 Å². The molecule has 1 aliphatic rings. The summed E-state index contributed by atoms with van der Waals surface area (Å²) < 4.78 is 5.64. The number of nitrogens with one attached hydrogen (secondary N) is 2. The first kappa shape index (κ1) is 18.2. The van der Waals surface area contributed by atoms with Crippen LogP contribution in [0.15, 0.2) is 18.2 Å². The molecule has 1 aromatic rings. The van der Waals surface area contributed by atoms with Crippen LogP contribution in [0.5, 0.6) is 5.75 Å². The summed E-state index contributed by atoms with van der Waals surface area (Å²) in [6, 6.07) is 3.84. The van der Waals surface area contributed by atoms with Crippen molar-refractivity contribution in [3.63, 3.8) is 0 Å². The van der Waals surface area contributed by atoms with Gasteiger partial charge in [-0.05, 0) is 12.0 Å². The van der Waals surface area contributed by atoms with Gasteiger partial charge in [0.1, 0.15) is 12.3 Å². The fourth-order valence-corrected chi connectivity index (χ4v) is 2.31. The lowest BCUT2D eigenvalue weighted by molar-refractivity contribution is -0.384. The van der Waals surface area contributed by atoms with E-state index in [1.54, 1.807) is 13.8 Å². The van der Waals surface area contributed by atoms with Crippen molar-refractivity contribution < 1.29 is 24.0 Å². The molecule has 10 nitrogen and oxygen atoms in total. The highest BCUT2D eigenvalue weighted by molar-refractivity contribution is 6.04. The Morgan fingerprint density at radius 1 is 1.36 bits per heavy atom. The van der Waals surface area contributed by atoms with Crippen LogP contribution in [0.3, 0.4) is 0 Å². The number of fused-ring (bicyclic) bond motifs is 1. The van der Waals surface area contributed by atoms with Crippen LogP contribution in [0.4, 0.5) is 11.4 Å². The number of nitro benzene ring substituents is 1. The summed E-state index contributed by atoms with van der Waals surface area (Å²) >= 11 is 0. The summed E-state index contributed by atoms with van der Waals surface area (Å²) in [5.74, 6) is -1.50. The summed E-state index contributed by atoms with van der Waals surface area (Å²) in [5.41, 5.74) is 4.18. The van der Waals surface area contributed by atoms with Gasteiger partial charge in [0.2, 0.25) is 5.91 Å². The molecule has 0 aromatic heterocycles. The van der Waals surface area contributed by atoms with Crippen LogP contribution in [0.25, 0.3) is 0 Å². The predicted molar refractivity (Wildman–Crippen MR) is 86.7 cm³/mol. The standard InChI is InChI=1S/C15H18N4O6/c1-8(2)14-15(22)18(7-13(21)17-16-9(3)20)11-6-10(19(23)24)4-5-12(11)25-14/h4-6,8,14H,7H2,1-3H3,(H,16,20)(H,17,21). The summed E-state index contributed by atoms with van der Waals surface area (Å²) in [6.07, 6.45) is -0.817. The van der Waals surface area contributed by atoms with Crippen LogP contribution in [-0.2, 0) is 14.4 Å². The summed E-state index contributed by atoms with van der Waals surface area (Å²) in [5, 5.41) is 11.0. The van der Waals surface area contributed by atoms with Gasteiger partial charge in [-0.15, -0.1) is 0 Å². The van der Waals surface area contributed by atoms with Crippen molar-refractivity contribution in [2.75, 3.05) is 11.4 Å². The first-order valence-electron chi connectivity index (χ1n) is 7.52. The van der Waals surface area contributed by atoms with E-state index in [2.05, 4.69) is 10.9 Å². The maximum absolute atomic E-state index is 12.6. The molecule has 2 N–H and O–H groups in total. The summed E-state index contributed by atoms with van der Waals surface area (Å²) in [4.78, 5) is 47.0. The number of nitrogens with zero attached hydrogens (tertiary/aromatic N) is 2. The lowest BCUT2D eigenvalue weighted by Gasteiger charge is -2.35. The molecule has 134 valence electrons. The van der Waals surface area contributed by atoms with Gasteiger partial charge in [0.05, 0.1) is 10.6 Å². The van der Waals surface area contributed by atoms with E-state index in [1.807, 2.05) is 0 Å². The van der Waals surface area contributed by atoms with Gasteiger partial charge in [-0.1, -0.05) is 13.8 Å². The maximum Gasteiger partial charge on any atom is 0.271 e. The number of benzene rings is 1. The van der Waals surface area contributed by atoms with Crippen LogP contribution < -0.4 is 20.5 Å². The van der Waals surface area contributed by atoms with Gasteiger partial charge in [0.15, 0.2) is 6.10 Å². The number of carbonyl (C=O) groups is 3. The van der Waals surface area contributed by atoms with Crippen molar-refractivity contribution in [1.82, 2.24) is 10.9 Å². The number of amides is 3. The molecule has 0 saturated heterocycles. The largest absolute Gasteiger partial charge is 0.478 e. The smallest absolute Gasteiger partial charge is 0.271 e. The zero-order chi connectivity index (χ0) is 18.7. The predicted octanol–water partition coefficient (Wildman–Crippen LogP) is 0.512. The number of hydrogen-bond acceptors (Lipinski definition) is 6. The van der Waals surface area contributed by atoms with Crippen LogP contribution in [-0.4, -0.2) is 35.3 Å². The molecule has 0 bridgehead atoms. The van der Waals surface area contributed by atoms with E-state index in [-0.39, 0.29) is 23.0 Å². The Kier molecular flexibility index (Phi) is 5.20. The number of rotatable bonds is 4. The Bertz CT molecular complexity index is 733. The minimum absolute atomic E-state index is 0.133. The monoisotopic (exact) mass is 350 g/mol. The van der Waals surface area contributed by atoms with E-state index in [0.29, 0.717) is 0 Å². The highest BCUT2D eigenvalue weighted by atomic mass is 16.6. The second kappa shape index (κ2) is 7.16. The molecule has 0 saturated carbocycles. The lowest BCUT2D eigenvalue weighted by atomic mass is 10.0. The molecule has 0 spiro atoms. The molecule has 1 unspecified atom stereocenters. The Morgan fingerprint density at radius 3 is 2.60 bits per heavy atom. The van der Waals surface area contributed by atoms with E-state index in [1.165, 1.54) is 25.1 Å². The fraction of sp³-hybridized carbons (Fsp3) is 0.400. The molecule has 0 fully saturated rings. The first-order valence-corrected chi connectivity index (χ1v) is 7.52. The summed E-state index contributed by atoms with van der Waals surface area (Å²) in [6.45, 7) is 4.37. The molecule has 0 aliphatic carbocycles. The fourth-order valence-electron chi connectivity index (χ4n) is 2.31. The maximum atomic E-state index is 12.6. The van der Waals surface area contributed by atoms with Gasteiger partial charge in [0.25, 0.3) is 17.5 Å². The van der Waals surface area contributed by atoms with E-state index in [9.17, 15) is 24.5 Å². The van der Waals surface area contributed by atoms with E-state index >= 15 is 0 Å². The molecule has 1 atom stereocenters. The third-order valence-electron chi connectivity index (χ3n) is 3.49. The van der Waals surface area contributed by atoms with E-state index < -0.39 is 35.3 Å². The van der Waals surface area contributed by atoms with Gasteiger partial charge in [-0.25, -0.2) is 0 Å². The minimum Gasteiger partial charge on any atom is -0.478 e. The van der Waals surface area contributed by atoms with Crippen LogP contribution in [0.1, 0.15) is 20.8 Å². The number of non-ortho nitro benzene ring substituents is 1. The highest BCUT2D eigenvalue weighted by Crippen LogP contribution is 2.38. The van der Waals surface area contributed by atoms with Gasteiger partial charge in [-0.3, -0.25) is 40.2 Å². The zero-order valence-corrected chi connectivity index (χ0v) is 13.9. The molecule has 1 heterocycles. The second-order valence-corrected chi connectivity index (χ2v) is 5.85. The zero-order valence-electron chi connectivity index (χ0n) is 13.9. The number of hydrazine groups is 1. The van der Waals surface area contributed by atoms with Crippen molar-refractivity contribution in [2.24, 2.45) is 5.92 Å². The Morgan fingerprint density at radius 2 is 2.04 bits per heavy atom. The normalized spacial score (nSPS) is 16.1. The molecule has 0 radical (unpaired) electrons. The number of carbonyl (C=O) groups excluding carboxylic acids is 3. The van der Waals surface area contributed by atoms with Gasteiger partial charge >= 0.3 is 0 Å². The number of ether oxygens (including phenoxy) is 1. The van der Waals surface area contributed by atoms with Crippen LogP contribution >= 0.6 is 0 Å². The van der Waals surface area contributed by atoms with E-state index in [4.69, 9.17) is 4.74 Å². The summed E-state index contributed by atoms with van der Waals surface area (Å²) in [7, 11) is 0. The topological polar surface area (TPSA) is 131 Å². The Labute approximate surface area is 143 Å². The van der Waals surface area contributed by atoms with Crippen molar-refractivity contribution in [3.05, 3.63) is 28.3 Å². The number of hydrogen-bond donors (Lipinski definition) is 2. The lowest BCUT2D eigenvalue weighted by Crippen LogP contribution is -2.53. The average Bonchev–Trinajstić information content (AvgIpc) is 2.54. The number of anilines is 1. The van der Waals surface area contributed by atoms with Crippen molar-refractivity contribution >= 4 is 29.1 Å². The van der Waals surface area contributed by atoms with Crippen LogP contribution in [0, 0.1) is 16.0 Å². The molecule has 3 amide bonds. The SMILES string of the molecule is CC(=O)NNC(=O)CN1C(=O)C(C(C)C)Oc2ccc([N+](=O)[O-])cc21. The Hall–Kier alpha value is -3.17. The minimum atomic E-state index is -0.817. The molecule has 1 aliphatic heterocycles. The molecule has 25 heavy (non-hydrogen) atoms. The quantitative estimate of drug-likeness (QED) is 0.601. The highest BCUT2D eigenvalue weighted by Gasteiger charge is 2.38. The first-order chi connectivity index (χ1) is 11.7. The average molecular weight is 350 g/mol. The van der Waals surface area contributed by atoms with E-state index in [0.717, 1.165) is 4.90 Å². The molecular weight excluding hydrogens is 332 g/mol. The van der Waals surface area contributed by atoms with Gasteiger partial charge < -0.3 is 4.74 Å². The second-order valence-electron chi connectivity index (χ2n) is 5.85.